The molecule has 0 spiro atoms. The van der Waals surface area contributed by atoms with Gasteiger partial charge < -0.3 is 4.98 Å². The molecule has 1 aliphatic carbocycles. The number of rotatable bonds is 7. The first-order chi connectivity index (χ1) is 11.1. The number of thiazole rings is 1. The number of aromatic nitrogens is 3. The molecular formula is C18H28N4S. The molecule has 0 radical (unpaired) electrons. The topological polar surface area (TPSA) is 44.8 Å². The zero-order valence-corrected chi connectivity index (χ0v) is 15.3. The second kappa shape index (κ2) is 7.58. The van der Waals surface area contributed by atoms with Crippen LogP contribution in [0, 0.1) is 5.92 Å². The van der Waals surface area contributed by atoms with E-state index in [1.165, 1.54) is 42.1 Å². The molecule has 2 aromatic rings. The minimum absolute atomic E-state index is 0.518. The Kier molecular flexibility index (Phi) is 5.49. The second-order valence-corrected chi connectivity index (χ2v) is 8.10. The van der Waals surface area contributed by atoms with Crippen molar-refractivity contribution in [2.24, 2.45) is 5.92 Å². The van der Waals surface area contributed by atoms with Crippen molar-refractivity contribution in [2.45, 2.75) is 65.0 Å². The van der Waals surface area contributed by atoms with Crippen LogP contribution in [0.3, 0.4) is 0 Å². The molecule has 3 rings (SSSR count). The van der Waals surface area contributed by atoms with E-state index in [0.717, 1.165) is 31.3 Å². The summed E-state index contributed by atoms with van der Waals surface area (Å²) in [6.45, 7) is 6.18. The fourth-order valence-electron chi connectivity index (χ4n) is 3.36. The molecule has 1 saturated carbocycles. The van der Waals surface area contributed by atoms with Gasteiger partial charge in [-0.1, -0.05) is 39.5 Å². The maximum atomic E-state index is 4.72. The van der Waals surface area contributed by atoms with Gasteiger partial charge in [0.15, 0.2) is 0 Å². The number of nitrogens with one attached hydrogen (secondary N) is 1. The number of nitrogens with zero attached hydrogens (tertiary/aromatic N) is 3. The third kappa shape index (κ3) is 4.64. The normalized spacial score (nSPS) is 16.0. The maximum Gasteiger partial charge on any atom is 0.106 e. The first kappa shape index (κ1) is 16.7. The van der Waals surface area contributed by atoms with Crippen molar-refractivity contribution in [1.29, 1.82) is 0 Å². The summed E-state index contributed by atoms with van der Waals surface area (Å²) in [6.07, 6.45) is 8.66. The summed E-state index contributed by atoms with van der Waals surface area (Å²) in [5.74, 6) is 2.53. The van der Waals surface area contributed by atoms with Crippen LogP contribution < -0.4 is 0 Å². The Balaban J connectivity index is 1.50. The largest absolute Gasteiger partial charge is 0.345 e. The van der Waals surface area contributed by atoms with Gasteiger partial charge in [-0.2, -0.15) is 0 Å². The zero-order valence-electron chi connectivity index (χ0n) is 14.5. The highest BCUT2D eigenvalue weighted by atomic mass is 32.1. The molecule has 1 N–H and O–H groups in total. The van der Waals surface area contributed by atoms with Crippen LogP contribution in [0.15, 0.2) is 11.6 Å². The lowest BCUT2D eigenvalue weighted by atomic mass is 10.0. The van der Waals surface area contributed by atoms with Crippen molar-refractivity contribution in [2.75, 3.05) is 7.05 Å². The zero-order chi connectivity index (χ0) is 16.2. The Morgan fingerprint density at radius 1 is 1.30 bits per heavy atom. The standard InChI is InChI=1S/C18H28N4S/c1-13(2)18-21-16(12-23-18)11-22(3)10-15-9-19-17(20-15)8-14-6-4-5-7-14/h9,12-14H,4-8,10-11H2,1-3H3,(H,19,20). The molecule has 4 nitrogen and oxygen atoms in total. The molecule has 0 aromatic carbocycles. The Morgan fingerprint density at radius 3 is 2.78 bits per heavy atom. The second-order valence-electron chi connectivity index (χ2n) is 7.21. The van der Waals surface area contributed by atoms with Gasteiger partial charge in [-0.05, 0) is 13.0 Å². The van der Waals surface area contributed by atoms with E-state index in [2.05, 4.69) is 41.1 Å². The lowest BCUT2D eigenvalue weighted by Gasteiger charge is -2.14. The van der Waals surface area contributed by atoms with E-state index in [4.69, 9.17) is 4.98 Å². The van der Waals surface area contributed by atoms with Crippen LogP contribution in [-0.2, 0) is 19.5 Å². The highest BCUT2D eigenvalue weighted by Crippen LogP contribution is 2.27. The lowest BCUT2D eigenvalue weighted by Crippen LogP contribution is -2.17. The first-order valence-electron chi connectivity index (χ1n) is 8.75. The summed E-state index contributed by atoms with van der Waals surface area (Å²) in [6, 6.07) is 0. The molecule has 0 saturated heterocycles. The van der Waals surface area contributed by atoms with E-state index in [1.54, 1.807) is 11.3 Å². The van der Waals surface area contributed by atoms with Crippen LogP contribution in [0.2, 0.25) is 0 Å². The van der Waals surface area contributed by atoms with Crippen molar-refractivity contribution in [3.05, 3.63) is 33.8 Å². The van der Waals surface area contributed by atoms with Crippen molar-refractivity contribution >= 4 is 11.3 Å². The molecule has 1 fully saturated rings. The number of hydrogen-bond donors (Lipinski definition) is 1. The molecule has 0 aliphatic heterocycles. The van der Waals surface area contributed by atoms with Crippen molar-refractivity contribution in [3.8, 4) is 0 Å². The van der Waals surface area contributed by atoms with Gasteiger partial charge in [0.05, 0.1) is 10.7 Å². The Bertz CT molecular complexity index is 610. The van der Waals surface area contributed by atoms with Crippen LogP contribution in [0.25, 0.3) is 0 Å². The van der Waals surface area contributed by atoms with E-state index in [9.17, 15) is 0 Å². The van der Waals surface area contributed by atoms with Gasteiger partial charge in [0.1, 0.15) is 5.82 Å². The number of H-pyrrole nitrogens is 1. The number of imidazole rings is 1. The van der Waals surface area contributed by atoms with Crippen LogP contribution in [0.1, 0.15) is 67.7 Å². The molecule has 0 atom stereocenters. The third-order valence-corrected chi connectivity index (χ3v) is 5.77. The number of aromatic amines is 1. The Labute approximate surface area is 143 Å². The fourth-order valence-corrected chi connectivity index (χ4v) is 4.19. The van der Waals surface area contributed by atoms with Gasteiger partial charge in [0.2, 0.25) is 0 Å². The van der Waals surface area contributed by atoms with Gasteiger partial charge in [-0.15, -0.1) is 11.3 Å². The Morgan fingerprint density at radius 2 is 2.09 bits per heavy atom. The molecule has 5 heteroatoms. The van der Waals surface area contributed by atoms with Crippen LogP contribution in [0.4, 0.5) is 0 Å². The molecule has 1 aliphatic rings. The minimum atomic E-state index is 0.518. The quantitative estimate of drug-likeness (QED) is 0.819. The SMILES string of the molecule is CC(C)c1nc(CN(C)Cc2cnc(CC3CCCC3)[nH]2)cs1. The molecule has 0 unspecified atom stereocenters. The predicted molar refractivity (Wildman–Crippen MR) is 95.6 cm³/mol. The fraction of sp³-hybridized carbons (Fsp3) is 0.667. The minimum Gasteiger partial charge on any atom is -0.345 e. The van der Waals surface area contributed by atoms with Gasteiger partial charge in [0, 0.05) is 42.7 Å². The highest BCUT2D eigenvalue weighted by Gasteiger charge is 2.17. The monoisotopic (exact) mass is 332 g/mol. The molecule has 2 aromatic heterocycles. The third-order valence-electron chi connectivity index (χ3n) is 4.57. The highest BCUT2D eigenvalue weighted by molar-refractivity contribution is 7.09. The number of hydrogen-bond acceptors (Lipinski definition) is 4. The average Bonchev–Trinajstić information content (AvgIpc) is 3.21. The van der Waals surface area contributed by atoms with Gasteiger partial charge in [-0.25, -0.2) is 9.97 Å². The summed E-state index contributed by atoms with van der Waals surface area (Å²) in [7, 11) is 2.14. The lowest BCUT2D eigenvalue weighted by molar-refractivity contribution is 0.312. The molecule has 0 bridgehead atoms. The summed E-state index contributed by atoms with van der Waals surface area (Å²) < 4.78 is 0. The smallest absolute Gasteiger partial charge is 0.106 e. The van der Waals surface area contributed by atoms with E-state index >= 15 is 0 Å². The van der Waals surface area contributed by atoms with Crippen LogP contribution >= 0.6 is 11.3 Å². The maximum absolute atomic E-state index is 4.72. The Hall–Kier alpha value is -1.20. The van der Waals surface area contributed by atoms with Gasteiger partial charge >= 0.3 is 0 Å². The summed E-state index contributed by atoms with van der Waals surface area (Å²) in [4.78, 5) is 15.1. The van der Waals surface area contributed by atoms with Crippen molar-refractivity contribution in [1.82, 2.24) is 19.9 Å². The molecular weight excluding hydrogens is 304 g/mol. The van der Waals surface area contributed by atoms with E-state index in [-0.39, 0.29) is 0 Å². The average molecular weight is 333 g/mol. The van der Waals surface area contributed by atoms with E-state index < -0.39 is 0 Å². The van der Waals surface area contributed by atoms with Crippen LogP contribution in [-0.4, -0.2) is 26.9 Å². The predicted octanol–water partition coefficient (Wildman–Crippen LogP) is 4.35. The van der Waals surface area contributed by atoms with Gasteiger partial charge in [-0.3, -0.25) is 4.90 Å². The molecule has 23 heavy (non-hydrogen) atoms. The van der Waals surface area contributed by atoms with Crippen molar-refractivity contribution in [3.63, 3.8) is 0 Å². The van der Waals surface area contributed by atoms with E-state index in [1.807, 2.05) is 6.20 Å². The van der Waals surface area contributed by atoms with Crippen LogP contribution in [0.5, 0.6) is 0 Å². The summed E-state index contributed by atoms with van der Waals surface area (Å²) in [5.41, 5.74) is 2.38. The van der Waals surface area contributed by atoms with Gasteiger partial charge in [0.25, 0.3) is 0 Å². The van der Waals surface area contributed by atoms with E-state index in [0.29, 0.717) is 5.92 Å². The molecule has 126 valence electrons. The molecule has 0 amide bonds. The first-order valence-corrected chi connectivity index (χ1v) is 9.63. The summed E-state index contributed by atoms with van der Waals surface area (Å²) >= 11 is 1.77. The summed E-state index contributed by atoms with van der Waals surface area (Å²) in [5, 5.41) is 3.42. The van der Waals surface area contributed by atoms with Crippen molar-refractivity contribution < 1.29 is 0 Å². The molecule has 2 heterocycles.